The quantitative estimate of drug-likeness (QED) is 0.198. The normalized spacial score (nSPS) is 17.3. The van der Waals surface area contributed by atoms with Gasteiger partial charge in [0.15, 0.2) is 0 Å². The van der Waals surface area contributed by atoms with Crippen LogP contribution < -0.4 is 16.0 Å². The van der Waals surface area contributed by atoms with E-state index in [0.717, 1.165) is 12.1 Å². The predicted molar refractivity (Wildman–Crippen MR) is 154 cm³/mol. The third-order valence-corrected chi connectivity index (χ3v) is 7.29. The van der Waals surface area contributed by atoms with Crippen molar-refractivity contribution in [3.8, 4) is 0 Å². The van der Waals surface area contributed by atoms with Crippen LogP contribution in [0, 0.1) is 23.3 Å². The second-order valence-corrected chi connectivity index (χ2v) is 10.8. The molecule has 248 valence electrons. The lowest BCUT2D eigenvalue weighted by molar-refractivity contribution is -0.124. The minimum absolute atomic E-state index is 0.161. The first kappa shape index (κ1) is 34.7. The Bertz CT molecular complexity index is 1470. The van der Waals surface area contributed by atoms with Crippen molar-refractivity contribution < 1.29 is 49.8 Å². The number of nitrogens with one attached hydrogen (secondary N) is 3. The Hall–Kier alpha value is -4.17. The number of carbonyl (C=O) groups excluding carboxylic acids is 2. The van der Waals surface area contributed by atoms with Gasteiger partial charge in [0.25, 0.3) is 0 Å². The standard InChI is InChI=1S/C32H32F7N3O4/c33-21-6-4-19(5-7-21)27(20-12-22(34)14-23(35)13-20)15-30(43)42-29-3-1-2-28(36)26(29)9-8-24-16-40-17-25(46-24)10-11-45-31(44)41-18-32(37,38)39/h1-7,12-14,24-25,27,40H,8-11,15-18H2,(H,41,44)(H,42,43)/t24-,25-,27+/m1/s1. The lowest BCUT2D eigenvalue weighted by Crippen LogP contribution is -2.45. The van der Waals surface area contributed by atoms with E-state index in [1.165, 1.54) is 42.5 Å². The second kappa shape index (κ2) is 15.9. The highest BCUT2D eigenvalue weighted by molar-refractivity contribution is 5.92. The van der Waals surface area contributed by atoms with Gasteiger partial charge in [0.05, 0.1) is 18.8 Å². The van der Waals surface area contributed by atoms with Gasteiger partial charge in [0.2, 0.25) is 5.91 Å². The largest absolute Gasteiger partial charge is 0.449 e. The van der Waals surface area contributed by atoms with Crippen molar-refractivity contribution >= 4 is 17.7 Å². The number of anilines is 1. The molecule has 3 atom stereocenters. The Labute approximate surface area is 260 Å². The van der Waals surface area contributed by atoms with Crippen LogP contribution in [0.5, 0.6) is 0 Å². The highest BCUT2D eigenvalue weighted by atomic mass is 19.4. The first-order chi connectivity index (χ1) is 21.9. The van der Waals surface area contributed by atoms with Crippen LogP contribution in [0.2, 0.25) is 0 Å². The smallest absolute Gasteiger partial charge is 0.407 e. The molecule has 7 nitrogen and oxygen atoms in total. The number of ether oxygens (including phenoxy) is 2. The Kier molecular flexibility index (Phi) is 12.0. The number of rotatable bonds is 12. The zero-order valence-electron chi connectivity index (χ0n) is 24.4. The SMILES string of the molecule is O=C(C[C@@H](c1ccc(F)cc1)c1cc(F)cc(F)c1)Nc1cccc(F)c1CC[C@@H]1CNC[C@@H](CCOC(=O)NCC(F)(F)F)O1. The van der Waals surface area contributed by atoms with Crippen LogP contribution in [0.4, 0.5) is 41.2 Å². The molecule has 1 aliphatic heterocycles. The van der Waals surface area contributed by atoms with Crippen LogP contribution in [0.1, 0.15) is 41.9 Å². The van der Waals surface area contributed by atoms with E-state index in [2.05, 4.69) is 10.6 Å². The van der Waals surface area contributed by atoms with Crippen molar-refractivity contribution in [2.24, 2.45) is 0 Å². The van der Waals surface area contributed by atoms with Gasteiger partial charge in [-0.1, -0.05) is 18.2 Å². The van der Waals surface area contributed by atoms with Crippen LogP contribution in [-0.4, -0.2) is 56.6 Å². The molecule has 1 saturated heterocycles. The molecule has 0 aromatic heterocycles. The molecule has 0 radical (unpaired) electrons. The fraction of sp³-hybridized carbons (Fsp3) is 0.375. The highest BCUT2D eigenvalue weighted by Crippen LogP contribution is 2.31. The van der Waals surface area contributed by atoms with Crippen LogP contribution in [0.3, 0.4) is 0 Å². The van der Waals surface area contributed by atoms with Crippen molar-refractivity contribution in [3.63, 3.8) is 0 Å². The zero-order valence-corrected chi connectivity index (χ0v) is 24.4. The Morgan fingerprint density at radius 1 is 0.891 bits per heavy atom. The van der Waals surface area contributed by atoms with Gasteiger partial charge in [-0.15, -0.1) is 0 Å². The topological polar surface area (TPSA) is 88.7 Å². The molecule has 1 fully saturated rings. The molecule has 0 saturated carbocycles. The molecule has 0 bridgehead atoms. The third-order valence-electron chi connectivity index (χ3n) is 7.29. The highest BCUT2D eigenvalue weighted by Gasteiger charge is 2.28. The number of benzene rings is 3. The van der Waals surface area contributed by atoms with Gasteiger partial charge in [-0.3, -0.25) is 4.79 Å². The molecular weight excluding hydrogens is 623 g/mol. The number of amides is 2. The third kappa shape index (κ3) is 10.7. The van der Waals surface area contributed by atoms with E-state index >= 15 is 0 Å². The minimum Gasteiger partial charge on any atom is -0.449 e. The van der Waals surface area contributed by atoms with Crippen molar-refractivity contribution in [1.82, 2.24) is 10.6 Å². The molecule has 1 heterocycles. The maximum atomic E-state index is 15.0. The summed E-state index contributed by atoms with van der Waals surface area (Å²) in [4.78, 5) is 24.7. The molecule has 4 rings (SSSR count). The second-order valence-electron chi connectivity index (χ2n) is 10.8. The maximum Gasteiger partial charge on any atom is 0.407 e. The Morgan fingerprint density at radius 3 is 2.24 bits per heavy atom. The number of alkyl carbamates (subject to hydrolysis) is 1. The summed E-state index contributed by atoms with van der Waals surface area (Å²) in [5.41, 5.74) is 1.03. The van der Waals surface area contributed by atoms with Crippen molar-refractivity contribution in [1.29, 1.82) is 0 Å². The molecule has 46 heavy (non-hydrogen) atoms. The molecule has 0 spiro atoms. The summed E-state index contributed by atoms with van der Waals surface area (Å²) in [6.45, 7) is -0.832. The Morgan fingerprint density at radius 2 is 1.57 bits per heavy atom. The summed E-state index contributed by atoms with van der Waals surface area (Å²) in [6.07, 6.45) is -6.11. The first-order valence-electron chi connectivity index (χ1n) is 14.5. The summed E-state index contributed by atoms with van der Waals surface area (Å²) in [5.74, 6) is -4.17. The van der Waals surface area contributed by atoms with E-state index < -0.39 is 60.0 Å². The van der Waals surface area contributed by atoms with Gasteiger partial charge in [0, 0.05) is 49.2 Å². The van der Waals surface area contributed by atoms with E-state index in [1.54, 1.807) is 5.32 Å². The average molecular weight is 656 g/mol. The number of halogens is 7. The van der Waals surface area contributed by atoms with Crippen LogP contribution in [0.25, 0.3) is 0 Å². The number of alkyl halides is 3. The van der Waals surface area contributed by atoms with Crippen molar-refractivity contribution in [2.45, 2.75) is 50.0 Å². The molecule has 3 N–H and O–H groups in total. The van der Waals surface area contributed by atoms with E-state index in [1.807, 2.05) is 0 Å². The number of hydrogen-bond acceptors (Lipinski definition) is 5. The zero-order chi connectivity index (χ0) is 33.3. The van der Waals surface area contributed by atoms with E-state index in [0.29, 0.717) is 31.1 Å². The van der Waals surface area contributed by atoms with Crippen LogP contribution in [-0.2, 0) is 20.7 Å². The molecule has 14 heteroatoms. The number of morpholine rings is 1. The summed E-state index contributed by atoms with van der Waals surface area (Å²) >= 11 is 0. The molecule has 2 amide bonds. The fourth-order valence-corrected chi connectivity index (χ4v) is 5.14. The van der Waals surface area contributed by atoms with E-state index in [-0.39, 0.29) is 48.8 Å². The average Bonchev–Trinajstić information content (AvgIpc) is 2.98. The van der Waals surface area contributed by atoms with Crippen LogP contribution >= 0.6 is 0 Å². The van der Waals surface area contributed by atoms with Crippen molar-refractivity contribution in [3.05, 3.63) is 101 Å². The van der Waals surface area contributed by atoms with Gasteiger partial charge in [-0.25, -0.2) is 22.4 Å². The molecular formula is C32H32F7N3O4. The van der Waals surface area contributed by atoms with Gasteiger partial charge < -0.3 is 25.4 Å². The van der Waals surface area contributed by atoms with E-state index in [9.17, 15) is 40.3 Å². The van der Waals surface area contributed by atoms with E-state index in [4.69, 9.17) is 9.47 Å². The van der Waals surface area contributed by atoms with Crippen LogP contribution in [0.15, 0.2) is 60.7 Å². The summed E-state index contributed by atoms with van der Waals surface area (Å²) in [6, 6.07) is 12.3. The number of hydrogen-bond donors (Lipinski definition) is 3. The van der Waals surface area contributed by atoms with Gasteiger partial charge in [-0.2, -0.15) is 13.2 Å². The predicted octanol–water partition coefficient (Wildman–Crippen LogP) is 6.37. The summed E-state index contributed by atoms with van der Waals surface area (Å²) < 4.78 is 104. The summed E-state index contributed by atoms with van der Waals surface area (Å²) in [7, 11) is 0. The van der Waals surface area contributed by atoms with Crippen molar-refractivity contribution in [2.75, 3.05) is 31.6 Å². The summed E-state index contributed by atoms with van der Waals surface area (Å²) in [5, 5.41) is 7.47. The Balaban J connectivity index is 1.36. The molecule has 3 aromatic carbocycles. The van der Waals surface area contributed by atoms with Gasteiger partial charge >= 0.3 is 12.3 Å². The lowest BCUT2D eigenvalue weighted by atomic mass is 9.88. The minimum atomic E-state index is -4.56. The number of carbonyl (C=O) groups is 2. The van der Waals surface area contributed by atoms with Gasteiger partial charge in [-0.05, 0) is 60.4 Å². The molecule has 1 aliphatic rings. The fourth-order valence-electron chi connectivity index (χ4n) is 5.14. The molecule has 0 unspecified atom stereocenters. The molecule has 3 aromatic rings. The first-order valence-corrected chi connectivity index (χ1v) is 14.5. The molecule has 0 aliphatic carbocycles. The maximum absolute atomic E-state index is 15.0. The lowest BCUT2D eigenvalue weighted by Gasteiger charge is -2.31. The monoisotopic (exact) mass is 655 g/mol. The van der Waals surface area contributed by atoms with Gasteiger partial charge in [0.1, 0.15) is 29.8 Å².